The number of aliphatic imine (C=N–C) groups is 1. The van der Waals surface area contributed by atoms with E-state index in [1.54, 1.807) is 0 Å². The Morgan fingerprint density at radius 3 is 2.30 bits per heavy atom. The number of benzene rings is 2. The lowest BCUT2D eigenvalue weighted by Crippen LogP contribution is -2.15. The summed E-state index contributed by atoms with van der Waals surface area (Å²) in [4.78, 5) is 4.64. The number of ether oxygens (including phenoxy) is 1. The third-order valence-corrected chi connectivity index (χ3v) is 3.99. The molecule has 2 nitrogen and oxygen atoms in total. The fourth-order valence-electron chi connectivity index (χ4n) is 2.73. The molecule has 0 fully saturated rings. The maximum Gasteiger partial charge on any atom is 0.175 e. The second-order valence-electron chi connectivity index (χ2n) is 5.62. The number of allylic oxidation sites excluding steroid dienone is 2. The van der Waals surface area contributed by atoms with Crippen LogP contribution in [0.1, 0.15) is 22.9 Å². The number of hydrogen-bond acceptors (Lipinski definition) is 2. The zero-order valence-electron chi connectivity index (χ0n) is 12.7. The maximum absolute atomic E-state index is 5.96. The van der Waals surface area contributed by atoms with Gasteiger partial charge in [-0.1, -0.05) is 78.9 Å². The van der Waals surface area contributed by atoms with Gasteiger partial charge in [-0.15, -0.1) is 0 Å². The Morgan fingerprint density at radius 1 is 0.826 bits per heavy atom. The Bertz CT molecular complexity index is 797. The van der Waals surface area contributed by atoms with Gasteiger partial charge in [0.2, 0.25) is 0 Å². The van der Waals surface area contributed by atoms with Crippen LogP contribution in [0.15, 0.2) is 83.9 Å². The van der Waals surface area contributed by atoms with Crippen LogP contribution in [0.25, 0.3) is 12.2 Å². The van der Waals surface area contributed by atoms with Crippen LogP contribution in [0.2, 0.25) is 0 Å². The molecule has 2 aromatic carbocycles. The quantitative estimate of drug-likeness (QED) is 0.744. The molecule has 2 unspecified atom stereocenters. The molecule has 0 aromatic heterocycles. The average molecular weight is 299 g/mol. The van der Waals surface area contributed by atoms with E-state index < -0.39 is 0 Å². The Balaban J connectivity index is 1.49. The molecular formula is C21H17NO. The molecule has 0 spiro atoms. The van der Waals surface area contributed by atoms with Crippen molar-refractivity contribution in [3.8, 4) is 0 Å². The smallest absolute Gasteiger partial charge is 0.175 e. The molecule has 0 radical (unpaired) electrons. The molecule has 0 bridgehead atoms. The predicted octanol–water partition coefficient (Wildman–Crippen LogP) is 4.82. The fraction of sp³-hybridized carbons (Fsp3) is 0.0952. The van der Waals surface area contributed by atoms with Crippen LogP contribution >= 0.6 is 0 Å². The van der Waals surface area contributed by atoms with Crippen molar-refractivity contribution in [2.45, 2.75) is 12.3 Å². The molecule has 1 heterocycles. The standard InChI is InChI=1S/C21H17NO/c1-2-6-16(7-3-1)10-11-17-12-14-18(15-13-17)21-22-19-8-4-5-9-20(19)23-21/h1-15,20-21H/b11-10+. The largest absolute Gasteiger partial charge is 0.339 e. The Hall–Kier alpha value is -2.71. The lowest BCUT2D eigenvalue weighted by atomic mass is 10.1. The van der Waals surface area contributed by atoms with Gasteiger partial charge in [0, 0.05) is 5.56 Å². The summed E-state index contributed by atoms with van der Waals surface area (Å²) < 4.78 is 5.96. The zero-order valence-corrected chi connectivity index (χ0v) is 12.7. The van der Waals surface area contributed by atoms with Crippen molar-refractivity contribution in [1.29, 1.82) is 0 Å². The Morgan fingerprint density at radius 2 is 1.57 bits per heavy atom. The molecule has 0 saturated carbocycles. The number of rotatable bonds is 3. The normalized spacial score (nSPS) is 22.3. The van der Waals surface area contributed by atoms with Crippen LogP contribution in [0.5, 0.6) is 0 Å². The van der Waals surface area contributed by atoms with Gasteiger partial charge in [0.1, 0.15) is 6.10 Å². The summed E-state index contributed by atoms with van der Waals surface area (Å²) >= 11 is 0. The van der Waals surface area contributed by atoms with Gasteiger partial charge in [-0.05, 0) is 23.3 Å². The highest BCUT2D eigenvalue weighted by atomic mass is 16.5. The summed E-state index contributed by atoms with van der Waals surface area (Å²) in [5.74, 6) is 0. The van der Waals surface area contributed by atoms with Crippen molar-refractivity contribution in [2.75, 3.05) is 0 Å². The molecule has 2 aliphatic rings. The molecule has 2 atom stereocenters. The van der Waals surface area contributed by atoms with Crippen LogP contribution in [0.4, 0.5) is 0 Å². The van der Waals surface area contributed by atoms with E-state index in [4.69, 9.17) is 4.74 Å². The molecule has 23 heavy (non-hydrogen) atoms. The first-order valence-electron chi connectivity index (χ1n) is 7.80. The van der Waals surface area contributed by atoms with Gasteiger partial charge in [-0.2, -0.15) is 0 Å². The molecule has 4 rings (SSSR count). The van der Waals surface area contributed by atoms with E-state index >= 15 is 0 Å². The van der Waals surface area contributed by atoms with E-state index in [0.717, 1.165) is 11.3 Å². The number of nitrogens with zero attached hydrogens (tertiary/aromatic N) is 1. The van der Waals surface area contributed by atoms with Gasteiger partial charge >= 0.3 is 0 Å². The third kappa shape index (κ3) is 3.08. The summed E-state index contributed by atoms with van der Waals surface area (Å²) in [7, 11) is 0. The van der Waals surface area contributed by atoms with Crippen LogP contribution in [-0.4, -0.2) is 11.8 Å². The summed E-state index contributed by atoms with van der Waals surface area (Å²) in [5, 5.41) is 0. The van der Waals surface area contributed by atoms with Crippen LogP contribution in [0.3, 0.4) is 0 Å². The molecule has 1 aliphatic carbocycles. The van der Waals surface area contributed by atoms with Gasteiger partial charge in [-0.3, -0.25) is 4.99 Å². The van der Waals surface area contributed by atoms with E-state index in [9.17, 15) is 0 Å². The molecule has 0 N–H and O–H groups in total. The number of fused-ring (bicyclic) bond motifs is 1. The highest BCUT2D eigenvalue weighted by Gasteiger charge is 2.27. The van der Waals surface area contributed by atoms with Crippen LogP contribution < -0.4 is 0 Å². The first-order valence-corrected chi connectivity index (χ1v) is 7.80. The fourth-order valence-corrected chi connectivity index (χ4v) is 2.73. The summed E-state index contributed by atoms with van der Waals surface area (Å²) in [6.07, 6.45) is 12.1. The molecular weight excluding hydrogens is 282 g/mol. The molecule has 1 aliphatic heterocycles. The van der Waals surface area contributed by atoms with E-state index in [1.807, 2.05) is 42.5 Å². The summed E-state index contributed by atoms with van der Waals surface area (Å²) in [5.41, 5.74) is 4.46. The van der Waals surface area contributed by atoms with E-state index in [0.29, 0.717) is 0 Å². The van der Waals surface area contributed by atoms with E-state index in [1.165, 1.54) is 11.1 Å². The van der Waals surface area contributed by atoms with Crippen molar-refractivity contribution in [1.82, 2.24) is 0 Å². The topological polar surface area (TPSA) is 21.6 Å². The van der Waals surface area contributed by atoms with E-state index in [2.05, 4.69) is 53.5 Å². The first kappa shape index (κ1) is 13.9. The minimum absolute atomic E-state index is 0.00246. The van der Waals surface area contributed by atoms with Gasteiger partial charge in [-0.25, -0.2) is 0 Å². The molecule has 2 aromatic rings. The SMILES string of the molecule is C1=CC2=NC(c3ccc(/C=C/c4ccccc4)cc3)OC2C=C1. The van der Waals surface area contributed by atoms with Crippen LogP contribution in [-0.2, 0) is 4.74 Å². The maximum atomic E-state index is 5.96. The molecule has 112 valence electrons. The van der Waals surface area contributed by atoms with Crippen molar-refractivity contribution in [3.63, 3.8) is 0 Å². The van der Waals surface area contributed by atoms with Gasteiger partial charge in [0.15, 0.2) is 6.23 Å². The van der Waals surface area contributed by atoms with Gasteiger partial charge in [0.25, 0.3) is 0 Å². The first-order chi connectivity index (χ1) is 11.4. The average Bonchev–Trinajstić information content (AvgIpc) is 3.05. The van der Waals surface area contributed by atoms with Crippen molar-refractivity contribution < 1.29 is 4.74 Å². The van der Waals surface area contributed by atoms with Crippen molar-refractivity contribution in [2.24, 2.45) is 4.99 Å². The molecule has 0 saturated heterocycles. The lowest BCUT2D eigenvalue weighted by Gasteiger charge is -2.11. The summed E-state index contributed by atoms with van der Waals surface area (Å²) in [6, 6.07) is 18.7. The highest BCUT2D eigenvalue weighted by molar-refractivity contribution is 6.02. The van der Waals surface area contributed by atoms with E-state index in [-0.39, 0.29) is 12.3 Å². The Kier molecular flexibility index (Phi) is 3.75. The predicted molar refractivity (Wildman–Crippen MR) is 95.1 cm³/mol. The zero-order chi connectivity index (χ0) is 15.5. The van der Waals surface area contributed by atoms with Crippen molar-refractivity contribution >= 4 is 17.9 Å². The number of hydrogen-bond donors (Lipinski definition) is 0. The van der Waals surface area contributed by atoms with Gasteiger partial charge < -0.3 is 4.74 Å². The minimum Gasteiger partial charge on any atom is -0.339 e. The third-order valence-electron chi connectivity index (χ3n) is 3.99. The molecule has 0 amide bonds. The highest BCUT2D eigenvalue weighted by Crippen LogP contribution is 2.29. The molecule has 2 heteroatoms. The van der Waals surface area contributed by atoms with Gasteiger partial charge in [0.05, 0.1) is 5.71 Å². The summed E-state index contributed by atoms with van der Waals surface area (Å²) in [6.45, 7) is 0. The minimum atomic E-state index is -0.199. The monoisotopic (exact) mass is 299 g/mol. The second kappa shape index (κ2) is 6.19. The Labute approximate surface area is 136 Å². The van der Waals surface area contributed by atoms with Crippen LogP contribution in [0, 0.1) is 0 Å². The van der Waals surface area contributed by atoms with Crippen molar-refractivity contribution in [3.05, 3.63) is 95.6 Å². The lowest BCUT2D eigenvalue weighted by molar-refractivity contribution is 0.0734. The second-order valence-corrected chi connectivity index (χ2v) is 5.62.